The third-order valence-corrected chi connectivity index (χ3v) is 4.01. The topological polar surface area (TPSA) is 21.3 Å². The van der Waals surface area contributed by atoms with Crippen molar-refractivity contribution in [1.82, 2.24) is 5.32 Å². The summed E-state index contributed by atoms with van der Waals surface area (Å²) in [6.07, 6.45) is 0. The molecule has 1 atom stereocenters. The highest BCUT2D eigenvalue weighted by Crippen LogP contribution is 2.26. The van der Waals surface area contributed by atoms with E-state index in [4.69, 9.17) is 4.74 Å². The van der Waals surface area contributed by atoms with E-state index in [0.717, 1.165) is 22.3 Å². The van der Waals surface area contributed by atoms with Crippen LogP contribution in [0.2, 0.25) is 0 Å². The van der Waals surface area contributed by atoms with Crippen LogP contribution in [0, 0.1) is 0 Å². The molecule has 1 N–H and O–H groups in total. The van der Waals surface area contributed by atoms with Gasteiger partial charge in [0.25, 0.3) is 0 Å². The van der Waals surface area contributed by atoms with E-state index >= 15 is 0 Å². The summed E-state index contributed by atoms with van der Waals surface area (Å²) in [5, 5.41) is 3.42. The Balaban J connectivity index is 2.12. The molecule has 0 fully saturated rings. The van der Waals surface area contributed by atoms with Crippen molar-refractivity contribution in [1.29, 1.82) is 0 Å². The first-order valence-electron chi connectivity index (χ1n) is 6.91. The van der Waals surface area contributed by atoms with Gasteiger partial charge in [0.15, 0.2) is 0 Å². The molecule has 20 heavy (non-hydrogen) atoms. The lowest BCUT2D eigenvalue weighted by Gasteiger charge is -2.18. The number of rotatable bonds is 6. The minimum Gasteiger partial charge on any atom is -0.489 e. The third-order valence-electron chi connectivity index (χ3n) is 3.24. The summed E-state index contributed by atoms with van der Waals surface area (Å²) in [6, 6.07) is 16.6. The summed E-state index contributed by atoms with van der Waals surface area (Å²) in [7, 11) is 0. The van der Waals surface area contributed by atoms with Crippen LogP contribution in [-0.4, -0.2) is 6.54 Å². The summed E-state index contributed by atoms with van der Waals surface area (Å²) < 4.78 is 7.08. The second kappa shape index (κ2) is 7.46. The van der Waals surface area contributed by atoms with Gasteiger partial charge >= 0.3 is 0 Å². The van der Waals surface area contributed by atoms with Crippen molar-refractivity contribution >= 4 is 15.9 Å². The van der Waals surface area contributed by atoms with E-state index in [1.165, 1.54) is 5.56 Å². The molecule has 0 spiro atoms. The number of para-hydroxylation sites is 1. The van der Waals surface area contributed by atoms with Gasteiger partial charge in [-0.2, -0.15) is 0 Å². The van der Waals surface area contributed by atoms with Crippen LogP contribution in [0.4, 0.5) is 0 Å². The number of nitrogens with one attached hydrogen (secondary N) is 1. The van der Waals surface area contributed by atoms with Gasteiger partial charge in [-0.3, -0.25) is 0 Å². The van der Waals surface area contributed by atoms with Crippen LogP contribution in [0.25, 0.3) is 0 Å². The lowest BCUT2D eigenvalue weighted by molar-refractivity contribution is 0.299. The maximum atomic E-state index is 6.00. The van der Waals surface area contributed by atoms with Gasteiger partial charge in [0, 0.05) is 21.6 Å². The van der Waals surface area contributed by atoms with E-state index in [2.05, 4.69) is 53.3 Å². The lowest BCUT2D eigenvalue weighted by Crippen LogP contribution is -2.18. The molecule has 2 aromatic carbocycles. The summed E-state index contributed by atoms with van der Waals surface area (Å²) >= 11 is 3.55. The highest BCUT2D eigenvalue weighted by Gasteiger charge is 2.10. The molecule has 0 radical (unpaired) electrons. The Bertz CT molecular complexity index is 556. The van der Waals surface area contributed by atoms with Gasteiger partial charge in [0.2, 0.25) is 0 Å². The van der Waals surface area contributed by atoms with E-state index in [1.54, 1.807) is 0 Å². The fourth-order valence-electron chi connectivity index (χ4n) is 2.16. The smallest absolute Gasteiger partial charge is 0.124 e. The Morgan fingerprint density at radius 3 is 2.55 bits per heavy atom. The van der Waals surface area contributed by atoms with Gasteiger partial charge in [0.05, 0.1) is 0 Å². The van der Waals surface area contributed by atoms with Crippen LogP contribution >= 0.6 is 15.9 Å². The summed E-state index contributed by atoms with van der Waals surface area (Å²) in [4.78, 5) is 0. The largest absolute Gasteiger partial charge is 0.489 e. The fraction of sp³-hybridized carbons (Fsp3) is 0.294. The molecule has 0 saturated carbocycles. The summed E-state index contributed by atoms with van der Waals surface area (Å²) in [5.41, 5.74) is 2.35. The van der Waals surface area contributed by atoms with Crippen molar-refractivity contribution in [2.45, 2.75) is 26.5 Å². The first kappa shape index (κ1) is 15.1. The molecule has 0 bridgehead atoms. The average molecular weight is 334 g/mol. The molecule has 106 valence electrons. The number of hydrogen-bond acceptors (Lipinski definition) is 2. The van der Waals surface area contributed by atoms with Crippen LogP contribution in [0.1, 0.15) is 31.0 Å². The third kappa shape index (κ3) is 3.84. The average Bonchev–Trinajstić information content (AvgIpc) is 2.47. The van der Waals surface area contributed by atoms with Gasteiger partial charge in [-0.05, 0) is 25.6 Å². The monoisotopic (exact) mass is 333 g/mol. The minimum absolute atomic E-state index is 0.287. The molecule has 0 aliphatic carbocycles. The maximum Gasteiger partial charge on any atom is 0.124 e. The van der Waals surface area contributed by atoms with Crippen molar-refractivity contribution in [3.05, 3.63) is 64.1 Å². The zero-order chi connectivity index (χ0) is 14.4. The van der Waals surface area contributed by atoms with E-state index in [0.29, 0.717) is 6.61 Å². The number of halogens is 1. The summed E-state index contributed by atoms with van der Waals surface area (Å²) in [5.74, 6) is 0.941. The second-order valence-electron chi connectivity index (χ2n) is 4.70. The van der Waals surface area contributed by atoms with Crippen LogP contribution in [0.3, 0.4) is 0 Å². The van der Waals surface area contributed by atoms with E-state index in [1.807, 2.05) is 30.3 Å². The molecule has 0 amide bonds. The Hall–Kier alpha value is -1.32. The molecule has 2 rings (SSSR count). The zero-order valence-electron chi connectivity index (χ0n) is 11.9. The molecule has 0 saturated heterocycles. The second-order valence-corrected chi connectivity index (χ2v) is 5.55. The van der Waals surface area contributed by atoms with E-state index in [-0.39, 0.29) is 6.04 Å². The van der Waals surface area contributed by atoms with Crippen LogP contribution in [0.5, 0.6) is 5.75 Å². The predicted molar refractivity (Wildman–Crippen MR) is 87.0 cm³/mol. The zero-order valence-corrected chi connectivity index (χ0v) is 13.5. The normalized spacial score (nSPS) is 12.2. The molecule has 0 aliphatic heterocycles. The molecular weight excluding hydrogens is 314 g/mol. The van der Waals surface area contributed by atoms with Crippen molar-refractivity contribution < 1.29 is 4.74 Å². The number of hydrogen-bond donors (Lipinski definition) is 1. The van der Waals surface area contributed by atoms with Crippen molar-refractivity contribution in [2.24, 2.45) is 0 Å². The van der Waals surface area contributed by atoms with Gasteiger partial charge in [-0.25, -0.2) is 0 Å². The maximum absolute atomic E-state index is 6.00. The van der Waals surface area contributed by atoms with Crippen LogP contribution in [-0.2, 0) is 6.61 Å². The molecular formula is C17H20BrNO. The highest BCUT2D eigenvalue weighted by atomic mass is 79.9. The van der Waals surface area contributed by atoms with Crippen molar-refractivity contribution in [3.8, 4) is 5.75 Å². The Kier molecular flexibility index (Phi) is 5.62. The van der Waals surface area contributed by atoms with E-state index in [9.17, 15) is 0 Å². The minimum atomic E-state index is 0.287. The van der Waals surface area contributed by atoms with Gasteiger partial charge < -0.3 is 10.1 Å². The lowest BCUT2D eigenvalue weighted by atomic mass is 10.1. The molecule has 0 aromatic heterocycles. The van der Waals surface area contributed by atoms with E-state index < -0.39 is 0 Å². The molecule has 2 aromatic rings. The van der Waals surface area contributed by atoms with Crippen molar-refractivity contribution in [3.63, 3.8) is 0 Å². The molecule has 2 nitrogen and oxygen atoms in total. The first-order chi connectivity index (χ1) is 9.72. The summed E-state index contributed by atoms with van der Waals surface area (Å²) in [6.45, 7) is 5.78. The number of benzene rings is 2. The molecule has 3 heteroatoms. The fourth-order valence-corrected chi connectivity index (χ4v) is 2.56. The van der Waals surface area contributed by atoms with Crippen LogP contribution in [0.15, 0.2) is 53.0 Å². The van der Waals surface area contributed by atoms with Gasteiger partial charge in [-0.15, -0.1) is 0 Å². The SMILES string of the molecule is CCNC(C)c1ccccc1OCc1ccccc1Br. The van der Waals surface area contributed by atoms with Crippen molar-refractivity contribution in [2.75, 3.05) is 6.54 Å². The molecule has 0 aliphatic rings. The Morgan fingerprint density at radius 2 is 1.80 bits per heavy atom. The molecule has 1 unspecified atom stereocenters. The van der Waals surface area contributed by atoms with Gasteiger partial charge in [0.1, 0.15) is 12.4 Å². The number of ether oxygens (including phenoxy) is 1. The standard InChI is InChI=1S/C17H20BrNO/c1-3-19-13(2)15-9-5-7-11-17(15)20-12-14-8-4-6-10-16(14)18/h4-11,13,19H,3,12H2,1-2H3. The Labute approximate surface area is 129 Å². The first-order valence-corrected chi connectivity index (χ1v) is 7.70. The Morgan fingerprint density at radius 1 is 1.10 bits per heavy atom. The quantitative estimate of drug-likeness (QED) is 0.827. The van der Waals surface area contributed by atoms with Gasteiger partial charge in [-0.1, -0.05) is 59.3 Å². The highest BCUT2D eigenvalue weighted by molar-refractivity contribution is 9.10. The molecule has 0 heterocycles. The predicted octanol–water partition coefficient (Wildman–Crippen LogP) is 4.70. The van der Waals surface area contributed by atoms with Crippen LogP contribution < -0.4 is 10.1 Å².